The lowest BCUT2D eigenvalue weighted by molar-refractivity contribution is -0.124. The zero-order valence-corrected chi connectivity index (χ0v) is 15.9. The maximum Gasteiger partial charge on any atom is 0.238 e. The number of aromatic nitrogens is 1. The lowest BCUT2D eigenvalue weighted by atomic mass is 9.98. The minimum Gasteiger partial charge on any atom is -0.481 e. The van der Waals surface area contributed by atoms with Gasteiger partial charge in [0.15, 0.2) is 0 Å². The Labute approximate surface area is 164 Å². The van der Waals surface area contributed by atoms with Crippen molar-refractivity contribution in [2.75, 3.05) is 7.11 Å². The number of nitrogens with one attached hydrogen (secondary N) is 2. The number of pyridine rings is 1. The van der Waals surface area contributed by atoms with Gasteiger partial charge in [-0.3, -0.25) is 4.79 Å². The first-order valence-corrected chi connectivity index (χ1v) is 9.72. The van der Waals surface area contributed by atoms with Crippen molar-refractivity contribution in [2.45, 2.75) is 43.8 Å². The predicted molar refractivity (Wildman–Crippen MR) is 106 cm³/mol. The van der Waals surface area contributed by atoms with Crippen LogP contribution in [0.3, 0.4) is 0 Å². The fourth-order valence-electron chi connectivity index (χ4n) is 4.28. The van der Waals surface area contributed by atoms with Crippen molar-refractivity contribution in [3.8, 4) is 23.2 Å². The van der Waals surface area contributed by atoms with Crippen molar-refractivity contribution in [3.05, 3.63) is 48.0 Å². The van der Waals surface area contributed by atoms with Crippen LogP contribution in [0.4, 0.5) is 0 Å². The highest BCUT2D eigenvalue weighted by Crippen LogP contribution is 2.35. The van der Waals surface area contributed by atoms with Crippen LogP contribution in [0.2, 0.25) is 0 Å². The summed E-state index contributed by atoms with van der Waals surface area (Å²) in [7, 11) is 1.59. The van der Waals surface area contributed by atoms with Gasteiger partial charge in [-0.05, 0) is 36.8 Å². The number of hydrogen-bond donors (Lipinski definition) is 2. The van der Waals surface area contributed by atoms with E-state index in [0.717, 1.165) is 36.1 Å². The monoisotopic (exact) mass is 376 g/mol. The van der Waals surface area contributed by atoms with Crippen molar-refractivity contribution >= 4 is 5.91 Å². The van der Waals surface area contributed by atoms with Crippen molar-refractivity contribution < 1.29 is 9.53 Å². The first-order valence-electron chi connectivity index (χ1n) is 9.72. The number of amides is 1. The van der Waals surface area contributed by atoms with Crippen LogP contribution in [0.25, 0.3) is 11.3 Å². The maximum absolute atomic E-state index is 12.5. The minimum atomic E-state index is -0.533. The molecule has 2 N–H and O–H groups in total. The summed E-state index contributed by atoms with van der Waals surface area (Å²) in [6.07, 6.45) is 3.82. The van der Waals surface area contributed by atoms with E-state index in [-0.39, 0.29) is 11.9 Å². The molecule has 2 bridgehead atoms. The van der Waals surface area contributed by atoms with Crippen molar-refractivity contribution in [2.24, 2.45) is 5.92 Å². The van der Waals surface area contributed by atoms with Crippen LogP contribution >= 0.6 is 0 Å². The Hall–Kier alpha value is -2.91. The second-order valence-corrected chi connectivity index (χ2v) is 7.57. The molecule has 6 heteroatoms. The summed E-state index contributed by atoms with van der Waals surface area (Å²) < 4.78 is 5.17. The molecule has 4 atom stereocenters. The fraction of sp³-hybridized carbons (Fsp3) is 0.409. The molecule has 1 aromatic carbocycles. The number of carbonyl (C=O) groups is 1. The van der Waals surface area contributed by atoms with E-state index in [0.29, 0.717) is 24.3 Å². The summed E-state index contributed by atoms with van der Waals surface area (Å²) in [4.78, 5) is 17.0. The number of methoxy groups -OCH3 is 1. The Morgan fingerprint density at radius 1 is 1.32 bits per heavy atom. The van der Waals surface area contributed by atoms with Crippen LogP contribution < -0.4 is 15.4 Å². The molecule has 2 aliphatic rings. The molecule has 1 aromatic heterocycles. The average Bonchev–Trinajstić information content (AvgIpc) is 3.37. The summed E-state index contributed by atoms with van der Waals surface area (Å²) in [6, 6.07) is 15.6. The number of nitrogens with zero attached hydrogens (tertiary/aromatic N) is 2. The Balaban J connectivity index is 1.38. The first kappa shape index (κ1) is 18.5. The average molecular weight is 376 g/mol. The van der Waals surface area contributed by atoms with E-state index in [1.807, 2.05) is 42.5 Å². The van der Waals surface area contributed by atoms with Gasteiger partial charge in [-0.1, -0.05) is 30.3 Å². The normalized spacial score (nSPS) is 23.8. The molecule has 2 heterocycles. The molecule has 0 spiro atoms. The molecule has 2 fully saturated rings. The number of fused-ring (bicyclic) bond motifs is 2. The fourth-order valence-corrected chi connectivity index (χ4v) is 4.28. The molecular weight excluding hydrogens is 352 g/mol. The summed E-state index contributed by atoms with van der Waals surface area (Å²) in [5.74, 6) is 0.943. The number of piperidine rings is 1. The van der Waals surface area contributed by atoms with Gasteiger partial charge >= 0.3 is 0 Å². The van der Waals surface area contributed by atoms with Crippen molar-refractivity contribution in [3.63, 3.8) is 0 Å². The second-order valence-electron chi connectivity index (χ2n) is 7.57. The molecule has 3 unspecified atom stereocenters. The summed E-state index contributed by atoms with van der Waals surface area (Å²) >= 11 is 0. The number of carbonyl (C=O) groups excluding carboxylic acids is 1. The van der Waals surface area contributed by atoms with Crippen LogP contribution in [0, 0.1) is 17.2 Å². The Kier molecular flexibility index (Phi) is 5.27. The van der Waals surface area contributed by atoms with E-state index < -0.39 is 6.04 Å². The lowest BCUT2D eigenvalue weighted by Gasteiger charge is -2.23. The van der Waals surface area contributed by atoms with E-state index in [9.17, 15) is 10.1 Å². The van der Waals surface area contributed by atoms with Gasteiger partial charge in [0.2, 0.25) is 11.8 Å². The third kappa shape index (κ3) is 3.85. The Morgan fingerprint density at radius 2 is 2.14 bits per heavy atom. The van der Waals surface area contributed by atoms with E-state index in [2.05, 4.69) is 21.7 Å². The summed E-state index contributed by atoms with van der Waals surface area (Å²) in [6.45, 7) is 0. The van der Waals surface area contributed by atoms with Crippen LogP contribution in [0.5, 0.6) is 5.88 Å². The molecular formula is C22H24N4O2. The van der Waals surface area contributed by atoms with Gasteiger partial charge in [-0.25, -0.2) is 4.98 Å². The van der Waals surface area contributed by atoms with Crippen LogP contribution in [-0.4, -0.2) is 36.1 Å². The second kappa shape index (κ2) is 7.99. The molecule has 1 saturated carbocycles. The van der Waals surface area contributed by atoms with Crippen molar-refractivity contribution in [1.82, 2.24) is 15.6 Å². The van der Waals surface area contributed by atoms with Gasteiger partial charge in [-0.15, -0.1) is 0 Å². The molecule has 4 rings (SSSR count). The molecule has 28 heavy (non-hydrogen) atoms. The maximum atomic E-state index is 12.5. The largest absolute Gasteiger partial charge is 0.481 e. The zero-order valence-electron chi connectivity index (χ0n) is 15.9. The summed E-state index contributed by atoms with van der Waals surface area (Å²) in [5, 5.41) is 15.8. The number of benzene rings is 1. The van der Waals surface area contributed by atoms with E-state index >= 15 is 0 Å². The Bertz CT molecular complexity index is 890. The van der Waals surface area contributed by atoms with Gasteiger partial charge in [-0.2, -0.15) is 5.26 Å². The van der Waals surface area contributed by atoms with Crippen LogP contribution in [-0.2, 0) is 11.2 Å². The van der Waals surface area contributed by atoms with E-state index in [4.69, 9.17) is 4.74 Å². The SMILES string of the molecule is COc1cccc(-c2ccc(C[C@@H](C#N)NC(=O)C3NC4CCC3C4)cc2)n1. The highest BCUT2D eigenvalue weighted by atomic mass is 16.5. The molecule has 0 radical (unpaired) electrons. The zero-order chi connectivity index (χ0) is 19.5. The van der Waals surface area contributed by atoms with Crippen LogP contribution in [0.1, 0.15) is 24.8 Å². The highest BCUT2D eigenvalue weighted by molar-refractivity contribution is 5.83. The van der Waals surface area contributed by atoms with Gasteiger partial charge in [0.25, 0.3) is 0 Å². The quantitative estimate of drug-likeness (QED) is 0.809. The topological polar surface area (TPSA) is 87.0 Å². The molecule has 2 aromatic rings. The Morgan fingerprint density at radius 3 is 2.79 bits per heavy atom. The first-order chi connectivity index (χ1) is 13.7. The lowest BCUT2D eigenvalue weighted by Crippen LogP contribution is -2.50. The molecule has 1 amide bonds. The molecule has 6 nitrogen and oxygen atoms in total. The van der Waals surface area contributed by atoms with Crippen molar-refractivity contribution in [1.29, 1.82) is 5.26 Å². The number of rotatable bonds is 6. The molecule has 1 aliphatic carbocycles. The number of hydrogen-bond acceptors (Lipinski definition) is 5. The smallest absolute Gasteiger partial charge is 0.238 e. The predicted octanol–water partition coefficient (Wildman–Crippen LogP) is 2.45. The highest BCUT2D eigenvalue weighted by Gasteiger charge is 2.43. The summed E-state index contributed by atoms with van der Waals surface area (Å²) in [5.41, 5.74) is 2.81. The number of nitriles is 1. The van der Waals surface area contributed by atoms with Gasteiger partial charge in [0.05, 0.1) is 24.9 Å². The van der Waals surface area contributed by atoms with E-state index in [1.54, 1.807) is 7.11 Å². The van der Waals surface area contributed by atoms with Gasteiger partial charge < -0.3 is 15.4 Å². The van der Waals surface area contributed by atoms with Gasteiger partial charge in [0.1, 0.15) is 6.04 Å². The third-order valence-corrected chi connectivity index (χ3v) is 5.74. The third-order valence-electron chi connectivity index (χ3n) is 5.74. The molecule has 1 aliphatic heterocycles. The van der Waals surface area contributed by atoms with E-state index in [1.165, 1.54) is 0 Å². The molecule has 144 valence electrons. The van der Waals surface area contributed by atoms with Crippen LogP contribution in [0.15, 0.2) is 42.5 Å². The molecule has 1 saturated heterocycles. The van der Waals surface area contributed by atoms with Gasteiger partial charge in [0, 0.05) is 24.1 Å². The standard InChI is InChI=1S/C22H24N4O2/c1-28-20-4-2-3-19(26-20)15-7-5-14(6-8-15)11-18(13-23)25-22(27)21-16-9-10-17(12-16)24-21/h2-8,16-18,21,24H,9-12H2,1H3,(H,25,27)/t16?,17?,18-,21?/m0/s1. The minimum absolute atomic E-state index is 0.0454. The number of ether oxygens (including phenoxy) is 1.